The summed E-state index contributed by atoms with van der Waals surface area (Å²) < 4.78 is 42.8. The molecule has 158 valence electrons. The standard InChI is InChI=1S/C20H21N3O6S/c1-4-23(5-2)30(25,26)18-12-15(8-11-17(18)27-3)20(24)29-16-9-6-14(7-10-16)19-22-21-13-28-19/h6-13H,4-5H2,1-3H3. The van der Waals surface area contributed by atoms with Crippen LogP contribution in [0.25, 0.3) is 11.5 Å². The number of carbonyl (C=O) groups excluding carboxylic acids is 1. The number of methoxy groups -OCH3 is 1. The third-order valence-corrected chi connectivity index (χ3v) is 6.47. The monoisotopic (exact) mass is 431 g/mol. The lowest BCUT2D eigenvalue weighted by molar-refractivity contribution is 0.0734. The van der Waals surface area contributed by atoms with E-state index in [0.29, 0.717) is 24.5 Å². The minimum absolute atomic E-state index is 0.0857. The zero-order valence-corrected chi connectivity index (χ0v) is 17.5. The van der Waals surface area contributed by atoms with E-state index in [1.54, 1.807) is 38.1 Å². The second-order valence-corrected chi connectivity index (χ2v) is 8.02. The average molecular weight is 431 g/mol. The van der Waals surface area contributed by atoms with Crippen LogP contribution in [-0.2, 0) is 10.0 Å². The number of hydrogen-bond acceptors (Lipinski definition) is 8. The van der Waals surface area contributed by atoms with E-state index >= 15 is 0 Å². The first-order valence-corrected chi connectivity index (χ1v) is 10.6. The molecule has 10 heteroatoms. The Labute approximate surface area is 174 Å². The van der Waals surface area contributed by atoms with Gasteiger partial charge in [-0.25, -0.2) is 13.2 Å². The Kier molecular flexibility index (Phi) is 6.48. The van der Waals surface area contributed by atoms with Crippen molar-refractivity contribution in [3.05, 3.63) is 54.4 Å². The lowest BCUT2D eigenvalue weighted by Gasteiger charge is -2.20. The molecule has 0 atom stereocenters. The minimum Gasteiger partial charge on any atom is -0.495 e. The van der Waals surface area contributed by atoms with Gasteiger partial charge in [0.1, 0.15) is 16.4 Å². The first-order chi connectivity index (χ1) is 14.4. The third kappa shape index (κ3) is 4.34. The number of esters is 1. The summed E-state index contributed by atoms with van der Waals surface area (Å²) in [6.07, 6.45) is 1.22. The van der Waals surface area contributed by atoms with Gasteiger partial charge >= 0.3 is 5.97 Å². The van der Waals surface area contributed by atoms with Crippen LogP contribution in [0.5, 0.6) is 11.5 Å². The molecular formula is C20H21N3O6S. The predicted molar refractivity (Wildman–Crippen MR) is 108 cm³/mol. The summed E-state index contributed by atoms with van der Waals surface area (Å²) in [5.41, 5.74) is 0.756. The van der Waals surface area contributed by atoms with Crippen LogP contribution < -0.4 is 9.47 Å². The molecule has 0 spiro atoms. The summed E-state index contributed by atoms with van der Waals surface area (Å²) in [4.78, 5) is 12.5. The molecule has 0 fully saturated rings. The number of nitrogens with zero attached hydrogens (tertiary/aromatic N) is 3. The van der Waals surface area contributed by atoms with Gasteiger partial charge < -0.3 is 13.9 Å². The highest BCUT2D eigenvalue weighted by Crippen LogP contribution is 2.28. The molecule has 9 nitrogen and oxygen atoms in total. The molecule has 0 radical (unpaired) electrons. The first-order valence-electron chi connectivity index (χ1n) is 9.17. The number of sulfonamides is 1. The van der Waals surface area contributed by atoms with E-state index in [1.807, 2.05) is 0 Å². The minimum atomic E-state index is -3.83. The van der Waals surface area contributed by atoms with Crippen LogP contribution in [0, 0.1) is 0 Å². The molecule has 0 saturated heterocycles. The Bertz CT molecular complexity index is 1110. The molecule has 0 saturated carbocycles. The second-order valence-electron chi connectivity index (χ2n) is 6.11. The van der Waals surface area contributed by atoms with Crippen molar-refractivity contribution in [2.24, 2.45) is 0 Å². The van der Waals surface area contributed by atoms with Crippen LogP contribution in [0.1, 0.15) is 24.2 Å². The maximum Gasteiger partial charge on any atom is 0.343 e. The number of ether oxygens (including phenoxy) is 2. The Morgan fingerprint density at radius 3 is 2.37 bits per heavy atom. The third-order valence-electron chi connectivity index (χ3n) is 4.39. The van der Waals surface area contributed by atoms with Crippen molar-refractivity contribution in [1.82, 2.24) is 14.5 Å². The van der Waals surface area contributed by atoms with Gasteiger partial charge in [-0.1, -0.05) is 13.8 Å². The van der Waals surface area contributed by atoms with E-state index < -0.39 is 16.0 Å². The summed E-state index contributed by atoms with van der Waals surface area (Å²) in [5, 5.41) is 7.42. The first kappa shape index (κ1) is 21.5. The largest absolute Gasteiger partial charge is 0.495 e. The molecule has 30 heavy (non-hydrogen) atoms. The van der Waals surface area contributed by atoms with E-state index in [1.165, 1.54) is 36.0 Å². The number of rotatable bonds is 8. The molecule has 0 unspecified atom stereocenters. The zero-order valence-electron chi connectivity index (χ0n) is 16.7. The summed E-state index contributed by atoms with van der Waals surface area (Å²) in [6, 6.07) is 10.6. The number of aromatic nitrogens is 2. The fraction of sp³-hybridized carbons (Fsp3) is 0.250. The molecular weight excluding hydrogens is 410 g/mol. The topological polar surface area (TPSA) is 112 Å². The summed E-state index contributed by atoms with van der Waals surface area (Å²) in [5.74, 6) is 0.0862. The van der Waals surface area contributed by atoms with Gasteiger partial charge in [0, 0.05) is 18.7 Å². The Morgan fingerprint density at radius 2 is 1.80 bits per heavy atom. The van der Waals surface area contributed by atoms with Gasteiger partial charge in [0.25, 0.3) is 0 Å². The van der Waals surface area contributed by atoms with E-state index in [4.69, 9.17) is 13.9 Å². The van der Waals surface area contributed by atoms with Crippen molar-refractivity contribution >= 4 is 16.0 Å². The highest BCUT2D eigenvalue weighted by molar-refractivity contribution is 7.89. The highest BCUT2D eigenvalue weighted by Gasteiger charge is 2.27. The lowest BCUT2D eigenvalue weighted by Crippen LogP contribution is -2.31. The van der Waals surface area contributed by atoms with Crippen LogP contribution in [-0.4, -0.2) is 49.1 Å². The summed E-state index contributed by atoms with van der Waals surface area (Å²) in [6.45, 7) is 4.07. The summed E-state index contributed by atoms with van der Waals surface area (Å²) in [7, 11) is -2.45. The normalized spacial score (nSPS) is 11.5. The molecule has 0 aliphatic carbocycles. The van der Waals surface area contributed by atoms with E-state index in [0.717, 1.165) is 0 Å². The van der Waals surface area contributed by atoms with Crippen molar-refractivity contribution < 1.29 is 27.1 Å². The van der Waals surface area contributed by atoms with Crippen molar-refractivity contribution in [3.8, 4) is 23.0 Å². The lowest BCUT2D eigenvalue weighted by atomic mass is 10.2. The van der Waals surface area contributed by atoms with E-state index in [2.05, 4.69) is 10.2 Å². The molecule has 1 heterocycles. The van der Waals surface area contributed by atoms with Gasteiger partial charge in [-0.3, -0.25) is 0 Å². The predicted octanol–water partition coefficient (Wildman–Crippen LogP) is 2.99. The fourth-order valence-electron chi connectivity index (χ4n) is 2.84. The van der Waals surface area contributed by atoms with E-state index in [9.17, 15) is 13.2 Å². The van der Waals surface area contributed by atoms with Crippen molar-refractivity contribution in [3.63, 3.8) is 0 Å². The van der Waals surface area contributed by atoms with Crippen LogP contribution in [0.2, 0.25) is 0 Å². The van der Waals surface area contributed by atoms with Crippen LogP contribution >= 0.6 is 0 Å². The molecule has 0 bridgehead atoms. The van der Waals surface area contributed by atoms with Crippen molar-refractivity contribution in [2.45, 2.75) is 18.7 Å². The Balaban J connectivity index is 1.86. The molecule has 1 aromatic heterocycles. The van der Waals surface area contributed by atoms with Crippen LogP contribution in [0.3, 0.4) is 0 Å². The smallest absolute Gasteiger partial charge is 0.343 e. The Hall–Kier alpha value is -3.24. The number of benzene rings is 2. The van der Waals surface area contributed by atoms with Crippen LogP contribution in [0.4, 0.5) is 0 Å². The molecule has 3 rings (SSSR count). The molecule has 3 aromatic rings. The number of hydrogen-bond donors (Lipinski definition) is 0. The van der Waals surface area contributed by atoms with Crippen molar-refractivity contribution in [2.75, 3.05) is 20.2 Å². The Morgan fingerprint density at radius 1 is 1.10 bits per heavy atom. The maximum absolute atomic E-state index is 12.9. The SMILES string of the molecule is CCN(CC)S(=O)(=O)c1cc(C(=O)Oc2ccc(-c3nnco3)cc2)ccc1OC. The molecule has 0 aliphatic rings. The van der Waals surface area contributed by atoms with Gasteiger partial charge in [-0.2, -0.15) is 4.31 Å². The summed E-state index contributed by atoms with van der Waals surface area (Å²) >= 11 is 0. The molecule has 0 N–H and O–H groups in total. The zero-order chi connectivity index (χ0) is 21.7. The number of carbonyl (C=O) groups is 1. The van der Waals surface area contributed by atoms with Crippen molar-refractivity contribution in [1.29, 1.82) is 0 Å². The van der Waals surface area contributed by atoms with Gasteiger partial charge in [-0.15, -0.1) is 10.2 Å². The van der Waals surface area contributed by atoms with Gasteiger partial charge in [0.15, 0.2) is 0 Å². The molecule has 0 aliphatic heterocycles. The highest BCUT2D eigenvalue weighted by atomic mass is 32.2. The van der Waals surface area contributed by atoms with Crippen LogP contribution in [0.15, 0.2) is 58.2 Å². The van der Waals surface area contributed by atoms with Gasteiger partial charge in [0.2, 0.25) is 22.3 Å². The van der Waals surface area contributed by atoms with Gasteiger partial charge in [0.05, 0.1) is 12.7 Å². The van der Waals surface area contributed by atoms with E-state index in [-0.39, 0.29) is 22.0 Å². The molecule has 2 aromatic carbocycles. The second kappa shape index (κ2) is 9.06. The fourth-order valence-corrected chi connectivity index (χ4v) is 4.48. The van der Waals surface area contributed by atoms with Gasteiger partial charge in [-0.05, 0) is 42.5 Å². The quantitative estimate of drug-likeness (QED) is 0.395. The maximum atomic E-state index is 12.9. The molecule has 0 amide bonds. The average Bonchev–Trinajstić information content (AvgIpc) is 3.29.